The fourth-order valence-electron chi connectivity index (χ4n) is 6.12. The molecule has 3 unspecified atom stereocenters. The van der Waals surface area contributed by atoms with Crippen molar-refractivity contribution in [2.24, 2.45) is 10.9 Å². The Bertz CT molecular complexity index is 1560. The predicted octanol–water partition coefficient (Wildman–Crippen LogP) is 6.61. The molecule has 0 spiro atoms. The minimum absolute atomic E-state index is 0.0166. The van der Waals surface area contributed by atoms with Crippen LogP contribution in [0.25, 0.3) is 0 Å². The summed E-state index contributed by atoms with van der Waals surface area (Å²) in [5.41, 5.74) is 1.56. The summed E-state index contributed by atoms with van der Waals surface area (Å²) in [5.74, 6) is -1.39. The Morgan fingerprint density at radius 1 is 1.16 bits per heavy atom. The molecule has 0 fully saturated rings. The van der Waals surface area contributed by atoms with Gasteiger partial charge >= 0.3 is 0 Å². The maximum Gasteiger partial charge on any atom is 0.274 e. The number of aliphatic imine (C=N–C) groups is 1. The second kappa shape index (κ2) is 13.2. The summed E-state index contributed by atoms with van der Waals surface area (Å²) in [5, 5.41) is 4.71. The number of anilines is 1. The van der Waals surface area contributed by atoms with E-state index in [1.165, 1.54) is 35.6 Å². The van der Waals surface area contributed by atoms with Gasteiger partial charge in [-0.3, -0.25) is 9.79 Å². The average molecular weight is 632 g/mol. The van der Waals surface area contributed by atoms with Crippen LogP contribution >= 0.6 is 11.3 Å². The first-order chi connectivity index (χ1) is 20.4. The Hall–Kier alpha value is -3.25. The molecule has 0 aliphatic carbocycles. The maximum atomic E-state index is 16.0. The van der Waals surface area contributed by atoms with Gasteiger partial charge in [-0.2, -0.15) is 0 Å². The lowest BCUT2D eigenvalue weighted by Crippen LogP contribution is -2.55. The molecule has 0 saturated carbocycles. The first kappa shape index (κ1) is 32.7. The number of sulfone groups is 1. The first-order valence-electron chi connectivity index (χ1n) is 14.5. The monoisotopic (exact) mass is 631 g/mol. The van der Waals surface area contributed by atoms with Gasteiger partial charge in [-0.05, 0) is 75.8 Å². The van der Waals surface area contributed by atoms with Gasteiger partial charge in [0.1, 0.15) is 33.5 Å². The van der Waals surface area contributed by atoms with Gasteiger partial charge in [-0.15, -0.1) is 11.3 Å². The molecule has 1 N–H and O–H groups in total. The van der Waals surface area contributed by atoms with Gasteiger partial charge in [0.05, 0.1) is 23.2 Å². The summed E-state index contributed by atoms with van der Waals surface area (Å²) in [6.45, 7) is 7.45. The van der Waals surface area contributed by atoms with Crippen molar-refractivity contribution in [1.82, 2.24) is 14.9 Å². The van der Waals surface area contributed by atoms with Crippen molar-refractivity contribution in [3.05, 3.63) is 76.0 Å². The molecule has 3 heterocycles. The van der Waals surface area contributed by atoms with E-state index in [1.807, 2.05) is 12.3 Å². The standard InChI is InChI=1S/C31H39F2N5O3S2/c1-6-13-31(14-12-22(7-2)15-25-18-42-19-35-25)30(4,37-21(3)38(5)20-43(31,40)41)26-16-24(9-10-27(26)33)36-29(39)28-11-8-23(32)17-34-28/h8-11,16-19,22H,6-7,12-15,20H2,1-5H3,(H,36,39). The van der Waals surface area contributed by atoms with Crippen LogP contribution in [-0.4, -0.2) is 52.7 Å². The number of thiazole rings is 1. The number of hydrogen-bond donors (Lipinski definition) is 1. The predicted molar refractivity (Wildman–Crippen MR) is 167 cm³/mol. The van der Waals surface area contributed by atoms with Crippen molar-refractivity contribution in [2.75, 3.05) is 18.2 Å². The second-order valence-corrected chi connectivity index (χ2v) is 14.4. The molecule has 0 radical (unpaired) electrons. The van der Waals surface area contributed by atoms with Gasteiger partial charge in [0, 0.05) is 23.7 Å². The number of aromatic nitrogens is 2. The number of halogens is 2. The van der Waals surface area contributed by atoms with Gasteiger partial charge in [0.15, 0.2) is 9.84 Å². The molecule has 1 aromatic carbocycles. The van der Waals surface area contributed by atoms with Crippen LogP contribution in [0.1, 0.15) is 81.5 Å². The zero-order valence-corrected chi connectivity index (χ0v) is 26.9. The first-order valence-corrected chi connectivity index (χ1v) is 17.0. The van der Waals surface area contributed by atoms with Gasteiger partial charge < -0.3 is 10.2 Å². The SMILES string of the molecule is CCCC1(CCC(CC)Cc2cscn2)C(C)(c2cc(NC(=O)c3ccc(F)cn3)ccc2F)N=C(C)N(C)CS1(=O)=O. The van der Waals surface area contributed by atoms with E-state index in [9.17, 15) is 17.6 Å². The van der Waals surface area contributed by atoms with Crippen LogP contribution in [0.3, 0.4) is 0 Å². The Morgan fingerprint density at radius 2 is 1.93 bits per heavy atom. The molecule has 4 rings (SSSR count). The molecule has 232 valence electrons. The minimum Gasteiger partial charge on any atom is -0.349 e. The Labute approximate surface area is 256 Å². The number of amides is 1. The van der Waals surface area contributed by atoms with E-state index in [1.54, 1.807) is 31.3 Å². The average Bonchev–Trinajstić information content (AvgIpc) is 3.46. The van der Waals surface area contributed by atoms with E-state index in [-0.39, 0.29) is 41.6 Å². The number of hydrogen-bond acceptors (Lipinski definition) is 8. The van der Waals surface area contributed by atoms with Crippen LogP contribution in [-0.2, 0) is 21.8 Å². The number of carbonyl (C=O) groups excluding carboxylic acids is 1. The highest BCUT2D eigenvalue weighted by Gasteiger charge is 2.59. The summed E-state index contributed by atoms with van der Waals surface area (Å²) < 4.78 is 56.9. The molecule has 1 aliphatic heterocycles. The van der Waals surface area contributed by atoms with Crippen molar-refractivity contribution in [3.8, 4) is 0 Å². The lowest BCUT2D eigenvalue weighted by Gasteiger charge is -2.45. The molecule has 1 aliphatic rings. The molecule has 0 saturated heterocycles. The van der Waals surface area contributed by atoms with E-state index in [2.05, 4.69) is 22.2 Å². The molecule has 8 nitrogen and oxygen atoms in total. The second-order valence-electron chi connectivity index (χ2n) is 11.4. The number of amidine groups is 1. The number of rotatable bonds is 11. The lowest BCUT2D eigenvalue weighted by molar-refractivity contribution is 0.102. The number of benzene rings is 1. The Balaban J connectivity index is 1.82. The molecule has 0 bridgehead atoms. The molecule has 1 amide bonds. The van der Waals surface area contributed by atoms with E-state index >= 15 is 4.39 Å². The number of nitrogens with one attached hydrogen (secondary N) is 1. The summed E-state index contributed by atoms with van der Waals surface area (Å²) in [4.78, 5) is 27.7. The van der Waals surface area contributed by atoms with Crippen LogP contribution in [0.4, 0.5) is 14.5 Å². The van der Waals surface area contributed by atoms with Gasteiger partial charge in [0.2, 0.25) is 0 Å². The highest BCUT2D eigenvalue weighted by Crippen LogP contribution is 2.51. The van der Waals surface area contributed by atoms with Crippen molar-refractivity contribution < 1.29 is 22.0 Å². The van der Waals surface area contributed by atoms with Crippen LogP contribution < -0.4 is 5.32 Å². The lowest BCUT2D eigenvalue weighted by atomic mass is 9.72. The van der Waals surface area contributed by atoms with E-state index < -0.39 is 37.7 Å². The maximum absolute atomic E-state index is 16.0. The molecular weight excluding hydrogens is 593 g/mol. The number of nitrogens with zero attached hydrogens (tertiary/aromatic N) is 4. The number of carbonyl (C=O) groups is 1. The van der Waals surface area contributed by atoms with Crippen LogP contribution in [0, 0.1) is 17.6 Å². The van der Waals surface area contributed by atoms with E-state index in [0.717, 1.165) is 30.8 Å². The van der Waals surface area contributed by atoms with Crippen LogP contribution in [0.15, 0.2) is 52.4 Å². The zero-order valence-electron chi connectivity index (χ0n) is 25.2. The Kier molecular flexibility index (Phi) is 10.0. The normalized spacial score (nSPS) is 22.5. The van der Waals surface area contributed by atoms with Gasteiger partial charge in [-0.25, -0.2) is 27.2 Å². The summed E-state index contributed by atoms with van der Waals surface area (Å²) in [6, 6.07) is 6.46. The van der Waals surface area contributed by atoms with Crippen molar-refractivity contribution in [1.29, 1.82) is 0 Å². The summed E-state index contributed by atoms with van der Waals surface area (Å²) in [7, 11) is -2.21. The molecular formula is C31H39F2N5O3S2. The number of pyridine rings is 1. The van der Waals surface area contributed by atoms with Crippen molar-refractivity contribution >= 4 is 38.6 Å². The summed E-state index contributed by atoms with van der Waals surface area (Å²) in [6.07, 6.45) is 4.20. The fourth-order valence-corrected chi connectivity index (χ4v) is 9.34. The smallest absolute Gasteiger partial charge is 0.274 e. The third kappa shape index (κ3) is 6.64. The third-order valence-electron chi connectivity index (χ3n) is 8.66. The zero-order chi connectivity index (χ0) is 31.4. The van der Waals surface area contributed by atoms with Gasteiger partial charge in [-0.1, -0.05) is 26.7 Å². The highest BCUT2D eigenvalue weighted by atomic mass is 32.2. The van der Waals surface area contributed by atoms with Crippen molar-refractivity contribution in [2.45, 2.75) is 76.5 Å². The van der Waals surface area contributed by atoms with E-state index in [4.69, 9.17) is 4.99 Å². The molecule has 2 aromatic heterocycles. The summed E-state index contributed by atoms with van der Waals surface area (Å²) >= 11 is 1.53. The molecule has 43 heavy (non-hydrogen) atoms. The minimum atomic E-state index is -3.89. The van der Waals surface area contributed by atoms with Crippen LogP contribution in [0.5, 0.6) is 0 Å². The molecule has 12 heteroatoms. The van der Waals surface area contributed by atoms with E-state index in [0.29, 0.717) is 18.7 Å². The highest BCUT2D eigenvalue weighted by molar-refractivity contribution is 7.92. The third-order valence-corrected chi connectivity index (χ3v) is 12.0. The largest absolute Gasteiger partial charge is 0.349 e. The Morgan fingerprint density at radius 3 is 2.56 bits per heavy atom. The van der Waals surface area contributed by atoms with Crippen molar-refractivity contribution in [3.63, 3.8) is 0 Å². The van der Waals surface area contributed by atoms with Gasteiger partial charge in [0.25, 0.3) is 5.91 Å². The fraction of sp³-hybridized carbons (Fsp3) is 0.484. The molecule has 3 aromatic rings. The topological polar surface area (TPSA) is 105 Å². The quantitative estimate of drug-likeness (QED) is 0.256. The molecule has 3 atom stereocenters. The van der Waals surface area contributed by atoms with Crippen LogP contribution in [0.2, 0.25) is 0 Å².